The summed E-state index contributed by atoms with van der Waals surface area (Å²) in [6, 6.07) is 8.73. The van der Waals surface area contributed by atoms with E-state index in [1.807, 2.05) is 6.07 Å². The lowest BCUT2D eigenvalue weighted by Gasteiger charge is -2.17. The standard InChI is InChI=1S/C14H21BrN2O/c1-2-13(11-6-5-7-12(15)10-11)17-9-4-3-8-14(16)18/h5-7,10,13,17H,2-4,8-9H2,1H3,(H2,16,18). The minimum Gasteiger partial charge on any atom is -0.370 e. The zero-order valence-corrected chi connectivity index (χ0v) is 12.4. The van der Waals surface area contributed by atoms with Gasteiger partial charge in [-0.3, -0.25) is 4.79 Å². The topological polar surface area (TPSA) is 55.1 Å². The van der Waals surface area contributed by atoms with Crippen LogP contribution in [0.1, 0.15) is 44.2 Å². The van der Waals surface area contributed by atoms with E-state index in [4.69, 9.17) is 5.73 Å². The van der Waals surface area contributed by atoms with Gasteiger partial charge in [0.2, 0.25) is 5.91 Å². The van der Waals surface area contributed by atoms with Crippen LogP contribution in [0.25, 0.3) is 0 Å². The second kappa shape index (κ2) is 8.27. The summed E-state index contributed by atoms with van der Waals surface area (Å²) in [5.74, 6) is -0.214. The molecule has 100 valence electrons. The maximum Gasteiger partial charge on any atom is 0.217 e. The summed E-state index contributed by atoms with van der Waals surface area (Å²) in [4.78, 5) is 10.6. The van der Waals surface area contributed by atoms with Crippen LogP contribution in [0.2, 0.25) is 0 Å². The van der Waals surface area contributed by atoms with E-state index in [1.165, 1.54) is 5.56 Å². The average Bonchev–Trinajstić information content (AvgIpc) is 2.33. The number of carbonyl (C=O) groups excluding carboxylic acids is 1. The molecular formula is C14H21BrN2O. The minimum absolute atomic E-state index is 0.214. The van der Waals surface area contributed by atoms with E-state index in [-0.39, 0.29) is 5.91 Å². The summed E-state index contributed by atoms with van der Waals surface area (Å²) in [5.41, 5.74) is 6.40. The maximum atomic E-state index is 10.6. The molecule has 0 bridgehead atoms. The van der Waals surface area contributed by atoms with Crippen LogP contribution in [0.5, 0.6) is 0 Å². The normalized spacial score (nSPS) is 12.3. The Morgan fingerprint density at radius 1 is 1.44 bits per heavy atom. The predicted molar refractivity (Wildman–Crippen MR) is 78.2 cm³/mol. The average molecular weight is 313 g/mol. The number of benzene rings is 1. The molecule has 0 radical (unpaired) electrons. The Morgan fingerprint density at radius 3 is 2.83 bits per heavy atom. The number of nitrogens with one attached hydrogen (secondary N) is 1. The third-order valence-electron chi connectivity index (χ3n) is 2.90. The molecule has 0 aliphatic heterocycles. The van der Waals surface area contributed by atoms with E-state index in [0.717, 1.165) is 30.3 Å². The first-order valence-electron chi connectivity index (χ1n) is 6.40. The van der Waals surface area contributed by atoms with Crippen LogP contribution < -0.4 is 11.1 Å². The molecule has 1 unspecified atom stereocenters. The Kier molecular flexibility index (Phi) is 6.98. The van der Waals surface area contributed by atoms with Crippen LogP contribution in [0, 0.1) is 0 Å². The number of hydrogen-bond donors (Lipinski definition) is 2. The summed E-state index contributed by atoms with van der Waals surface area (Å²) in [7, 11) is 0. The summed E-state index contributed by atoms with van der Waals surface area (Å²) in [6.45, 7) is 3.08. The molecule has 0 fully saturated rings. The van der Waals surface area contributed by atoms with Crippen molar-refractivity contribution in [2.75, 3.05) is 6.54 Å². The second-order valence-corrected chi connectivity index (χ2v) is 5.31. The van der Waals surface area contributed by atoms with E-state index < -0.39 is 0 Å². The van der Waals surface area contributed by atoms with Gasteiger partial charge in [-0.2, -0.15) is 0 Å². The van der Waals surface area contributed by atoms with Crippen LogP contribution in [0.3, 0.4) is 0 Å². The molecule has 0 aliphatic rings. The monoisotopic (exact) mass is 312 g/mol. The number of nitrogens with two attached hydrogens (primary N) is 1. The van der Waals surface area contributed by atoms with Gasteiger partial charge < -0.3 is 11.1 Å². The Bertz CT molecular complexity index is 382. The van der Waals surface area contributed by atoms with Crippen molar-refractivity contribution in [3.8, 4) is 0 Å². The van der Waals surface area contributed by atoms with Crippen molar-refractivity contribution in [2.45, 2.75) is 38.6 Å². The van der Waals surface area contributed by atoms with Gasteiger partial charge in [-0.1, -0.05) is 35.0 Å². The van der Waals surface area contributed by atoms with Gasteiger partial charge in [0, 0.05) is 16.9 Å². The summed E-state index contributed by atoms with van der Waals surface area (Å²) >= 11 is 3.49. The number of halogens is 1. The van der Waals surface area contributed by atoms with Crippen LogP contribution in [-0.2, 0) is 4.79 Å². The van der Waals surface area contributed by atoms with E-state index >= 15 is 0 Å². The first-order valence-corrected chi connectivity index (χ1v) is 7.20. The highest BCUT2D eigenvalue weighted by atomic mass is 79.9. The molecule has 0 spiro atoms. The van der Waals surface area contributed by atoms with Gasteiger partial charge in [0.1, 0.15) is 0 Å². The van der Waals surface area contributed by atoms with Gasteiger partial charge >= 0.3 is 0 Å². The molecular weight excluding hydrogens is 292 g/mol. The van der Waals surface area contributed by atoms with Crippen molar-refractivity contribution in [1.82, 2.24) is 5.32 Å². The molecule has 3 N–H and O–H groups in total. The Balaban J connectivity index is 2.36. The van der Waals surface area contributed by atoms with Crippen molar-refractivity contribution in [1.29, 1.82) is 0 Å². The number of amides is 1. The van der Waals surface area contributed by atoms with E-state index in [1.54, 1.807) is 0 Å². The zero-order chi connectivity index (χ0) is 13.4. The third-order valence-corrected chi connectivity index (χ3v) is 3.39. The fourth-order valence-corrected chi connectivity index (χ4v) is 2.34. The molecule has 0 saturated heterocycles. The molecule has 1 aromatic carbocycles. The van der Waals surface area contributed by atoms with Crippen molar-refractivity contribution < 1.29 is 4.79 Å². The predicted octanol–water partition coefficient (Wildman–Crippen LogP) is 3.15. The van der Waals surface area contributed by atoms with Gasteiger partial charge in [0.15, 0.2) is 0 Å². The van der Waals surface area contributed by atoms with Gasteiger partial charge in [-0.05, 0) is 43.5 Å². The van der Waals surface area contributed by atoms with Crippen LogP contribution >= 0.6 is 15.9 Å². The molecule has 1 aromatic rings. The number of carbonyl (C=O) groups is 1. The molecule has 18 heavy (non-hydrogen) atoms. The Morgan fingerprint density at radius 2 is 2.22 bits per heavy atom. The van der Waals surface area contributed by atoms with Gasteiger partial charge in [-0.15, -0.1) is 0 Å². The lowest BCUT2D eigenvalue weighted by atomic mass is 10.0. The zero-order valence-electron chi connectivity index (χ0n) is 10.8. The Hall–Kier alpha value is -0.870. The lowest BCUT2D eigenvalue weighted by molar-refractivity contribution is -0.118. The van der Waals surface area contributed by atoms with Gasteiger partial charge in [0.25, 0.3) is 0 Å². The summed E-state index contributed by atoms with van der Waals surface area (Å²) in [6.07, 6.45) is 3.37. The van der Waals surface area contributed by atoms with Crippen molar-refractivity contribution in [2.24, 2.45) is 5.73 Å². The molecule has 0 aliphatic carbocycles. The second-order valence-electron chi connectivity index (χ2n) is 4.39. The summed E-state index contributed by atoms with van der Waals surface area (Å²) < 4.78 is 1.11. The minimum atomic E-state index is -0.214. The number of hydrogen-bond acceptors (Lipinski definition) is 2. The number of rotatable bonds is 8. The Labute approximate surface area is 117 Å². The van der Waals surface area contributed by atoms with E-state index in [2.05, 4.69) is 46.4 Å². The lowest BCUT2D eigenvalue weighted by Crippen LogP contribution is -2.22. The molecule has 1 atom stereocenters. The molecule has 0 heterocycles. The van der Waals surface area contributed by atoms with E-state index in [0.29, 0.717) is 12.5 Å². The molecule has 0 aromatic heterocycles. The van der Waals surface area contributed by atoms with Crippen LogP contribution in [0.15, 0.2) is 28.7 Å². The number of unbranched alkanes of at least 4 members (excludes halogenated alkanes) is 1. The molecule has 1 rings (SSSR count). The maximum absolute atomic E-state index is 10.6. The SMILES string of the molecule is CCC(NCCCCC(N)=O)c1cccc(Br)c1. The molecule has 1 amide bonds. The van der Waals surface area contributed by atoms with Crippen molar-refractivity contribution in [3.05, 3.63) is 34.3 Å². The summed E-state index contributed by atoms with van der Waals surface area (Å²) in [5, 5.41) is 3.51. The highest BCUT2D eigenvalue weighted by Gasteiger charge is 2.08. The fraction of sp³-hybridized carbons (Fsp3) is 0.500. The smallest absolute Gasteiger partial charge is 0.217 e. The van der Waals surface area contributed by atoms with Crippen LogP contribution in [0.4, 0.5) is 0 Å². The quantitative estimate of drug-likeness (QED) is 0.724. The molecule has 3 nitrogen and oxygen atoms in total. The first-order chi connectivity index (χ1) is 8.63. The third kappa shape index (κ3) is 5.65. The highest BCUT2D eigenvalue weighted by Crippen LogP contribution is 2.20. The largest absolute Gasteiger partial charge is 0.370 e. The fourth-order valence-electron chi connectivity index (χ4n) is 1.92. The van der Waals surface area contributed by atoms with Crippen molar-refractivity contribution in [3.63, 3.8) is 0 Å². The number of primary amides is 1. The highest BCUT2D eigenvalue weighted by molar-refractivity contribution is 9.10. The molecule has 4 heteroatoms. The first kappa shape index (κ1) is 15.2. The van der Waals surface area contributed by atoms with Gasteiger partial charge in [-0.25, -0.2) is 0 Å². The van der Waals surface area contributed by atoms with Crippen LogP contribution in [-0.4, -0.2) is 12.5 Å². The van der Waals surface area contributed by atoms with Crippen molar-refractivity contribution >= 4 is 21.8 Å². The van der Waals surface area contributed by atoms with E-state index in [9.17, 15) is 4.79 Å². The molecule has 0 saturated carbocycles. The van der Waals surface area contributed by atoms with Gasteiger partial charge in [0.05, 0.1) is 0 Å².